The van der Waals surface area contributed by atoms with Crippen molar-refractivity contribution in [3.05, 3.63) is 53.1 Å². The van der Waals surface area contributed by atoms with Gasteiger partial charge in [0.1, 0.15) is 5.82 Å². The summed E-state index contributed by atoms with van der Waals surface area (Å²) in [5.74, 6) is 0.0469. The van der Waals surface area contributed by atoms with Gasteiger partial charge in [0.05, 0.1) is 16.6 Å². The molecule has 1 N–H and O–H groups in total. The van der Waals surface area contributed by atoms with E-state index in [0.717, 1.165) is 47.6 Å². The Kier molecular flexibility index (Phi) is 4.75. The minimum atomic E-state index is -0.226. The summed E-state index contributed by atoms with van der Waals surface area (Å²) in [7, 11) is 1.84. The molecule has 4 rings (SSSR count). The summed E-state index contributed by atoms with van der Waals surface area (Å²) in [5.41, 5.74) is 3.97. The second kappa shape index (κ2) is 7.22. The van der Waals surface area contributed by atoms with Crippen LogP contribution in [0.25, 0.3) is 11.0 Å². The number of aromatic nitrogens is 3. The topological polar surface area (TPSA) is 63.1 Å². The van der Waals surface area contributed by atoms with Crippen LogP contribution in [0.3, 0.4) is 0 Å². The van der Waals surface area contributed by atoms with E-state index < -0.39 is 0 Å². The summed E-state index contributed by atoms with van der Waals surface area (Å²) in [5, 5.41) is 8.30. The van der Waals surface area contributed by atoms with E-state index in [1.54, 1.807) is 16.8 Å². The Morgan fingerprint density at radius 3 is 2.79 bits per heavy atom. The average molecular weight is 381 g/mol. The Balaban J connectivity index is 1.44. The van der Waals surface area contributed by atoms with Crippen molar-refractivity contribution in [1.29, 1.82) is 0 Å². The number of amides is 1. The van der Waals surface area contributed by atoms with Gasteiger partial charge in [-0.05, 0) is 56.5 Å². The van der Waals surface area contributed by atoms with E-state index in [0.29, 0.717) is 18.0 Å². The van der Waals surface area contributed by atoms with Crippen LogP contribution < -0.4 is 10.2 Å². The van der Waals surface area contributed by atoms with E-state index >= 15 is 0 Å². The summed E-state index contributed by atoms with van der Waals surface area (Å²) in [4.78, 5) is 19.6. The maximum Gasteiger partial charge on any atom is 0.252 e. The number of fused-ring (bicyclic) bond motifs is 1. The summed E-state index contributed by atoms with van der Waals surface area (Å²) in [6, 6.07) is 8.40. The molecule has 1 saturated heterocycles. The van der Waals surface area contributed by atoms with Crippen molar-refractivity contribution in [2.24, 2.45) is 13.0 Å². The van der Waals surface area contributed by atoms with Gasteiger partial charge in [0, 0.05) is 38.1 Å². The summed E-state index contributed by atoms with van der Waals surface area (Å²) in [6.07, 6.45) is 0.994. The van der Waals surface area contributed by atoms with Crippen molar-refractivity contribution in [2.45, 2.75) is 20.3 Å². The minimum Gasteiger partial charge on any atom is -0.371 e. The lowest BCUT2D eigenvalue weighted by Gasteiger charge is -2.19. The van der Waals surface area contributed by atoms with Crippen molar-refractivity contribution in [3.63, 3.8) is 0 Å². The molecule has 1 fully saturated rings. The SMILES string of the molecule is Cc1cc(C(=O)NC[C@@H]2CCN(c3ccc(F)cc3)C2)c2c(C)nn(C)c2n1. The standard InChI is InChI=1S/C21H24FN5O/c1-13-10-18(19-14(2)25-26(3)20(19)24-13)21(28)23-11-15-8-9-27(12-15)17-6-4-16(22)5-7-17/h4-7,10,15H,8-9,11-12H2,1-3H3,(H,23,28)/t15-/m0/s1. The lowest BCUT2D eigenvalue weighted by atomic mass is 10.1. The highest BCUT2D eigenvalue weighted by atomic mass is 19.1. The number of pyridine rings is 1. The molecule has 7 heteroatoms. The van der Waals surface area contributed by atoms with Gasteiger partial charge in [-0.25, -0.2) is 9.37 Å². The van der Waals surface area contributed by atoms with Gasteiger partial charge in [0.15, 0.2) is 5.65 Å². The number of halogens is 1. The zero-order valence-electron chi connectivity index (χ0n) is 16.4. The molecule has 2 aromatic heterocycles. The number of carbonyl (C=O) groups excluding carboxylic acids is 1. The number of benzene rings is 1. The number of nitrogens with zero attached hydrogens (tertiary/aromatic N) is 4. The highest BCUT2D eigenvalue weighted by molar-refractivity contribution is 6.06. The molecule has 0 radical (unpaired) electrons. The number of nitrogens with one attached hydrogen (secondary N) is 1. The third kappa shape index (κ3) is 3.44. The van der Waals surface area contributed by atoms with Gasteiger partial charge in [-0.2, -0.15) is 5.10 Å². The lowest BCUT2D eigenvalue weighted by Crippen LogP contribution is -2.31. The molecular weight excluding hydrogens is 357 g/mol. The molecule has 1 aliphatic heterocycles. The van der Waals surface area contributed by atoms with Gasteiger partial charge in [-0.1, -0.05) is 0 Å². The number of rotatable bonds is 4. The van der Waals surface area contributed by atoms with Crippen LogP contribution in [0.15, 0.2) is 30.3 Å². The number of anilines is 1. The predicted octanol–water partition coefficient (Wildman–Crippen LogP) is 2.98. The first-order valence-electron chi connectivity index (χ1n) is 9.52. The Morgan fingerprint density at radius 2 is 2.04 bits per heavy atom. The van der Waals surface area contributed by atoms with E-state index in [-0.39, 0.29) is 11.7 Å². The van der Waals surface area contributed by atoms with Gasteiger partial charge < -0.3 is 10.2 Å². The molecule has 0 spiro atoms. The highest BCUT2D eigenvalue weighted by Crippen LogP contribution is 2.24. The van der Waals surface area contributed by atoms with E-state index in [1.165, 1.54) is 12.1 Å². The van der Waals surface area contributed by atoms with Gasteiger partial charge in [0.25, 0.3) is 5.91 Å². The van der Waals surface area contributed by atoms with E-state index in [4.69, 9.17) is 0 Å². The first-order chi connectivity index (χ1) is 13.4. The van der Waals surface area contributed by atoms with Crippen LogP contribution in [-0.4, -0.2) is 40.3 Å². The Morgan fingerprint density at radius 1 is 1.29 bits per heavy atom. The second-order valence-corrected chi connectivity index (χ2v) is 7.51. The number of carbonyl (C=O) groups is 1. The first kappa shape index (κ1) is 18.4. The Hall–Kier alpha value is -2.96. The van der Waals surface area contributed by atoms with Crippen LogP contribution in [0.1, 0.15) is 28.2 Å². The van der Waals surface area contributed by atoms with Crippen molar-refractivity contribution in [3.8, 4) is 0 Å². The van der Waals surface area contributed by atoms with Crippen LogP contribution in [-0.2, 0) is 7.05 Å². The molecule has 1 aliphatic rings. The Bertz CT molecular complexity index is 1030. The quantitative estimate of drug-likeness (QED) is 0.755. The van der Waals surface area contributed by atoms with Crippen LogP contribution >= 0.6 is 0 Å². The van der Waals surface area contributed by atoms with E-state index in [2.05, 4.69) is 20.3 Å². The van der Waals surface area contributed by atoms with Crippen LogP contribution in [0.4, 0.5) is 10.1 Å². The Labute approximate surface area is 163 Å². The summed E-state index contributed by atoms with van der Waals surface area (Å²) < 4.78 is 14.8. The summed E-state index contributed by atoms with van der Waals surface area (Å²) >= 11 is 0. The van der Waals surface area contributed by atoms with Gasteiger partial charge in [0.2, 0.25) is 0 Å². The lowest BCUT2D eigenvalue weighted by molar-refractivity contribution is 0.0949. The number of aryl methyl sites for hydroxylation is 3. The van der Waals surface area contributed by atoms with E-state index in [9.17, 15) is 9.18 Å². The van der Waals surface area contributed by atoms with Gasteiger partial charge in [-0.3, -0.25) is 9.48 Å². The first-order valence-corrected chi connectivity index (χ1v) is 9.52. The molecule has 3 heterocycles. The zero-order chi connectivity index (χ0) is 19.8. The van der Waals surface area contributed by atoms with Gasteiger partial charge >= 0.3 is 0 Å². The molecule has 146 valence electrons. The molecule has 0 unspecified atom stereocenters. The molecule has 0 aliphatic carbocycles. The molecule has 6 nitrogen and oxygen atoms in total. The molecular formula is C21H24FN5O. The molecule has 1 amide bonds. The second-order valence-electron chi connectivity index (χ2n) is 7.51. The van der Waals surface area contributed by atoms with Crippen LogP contribution in [0, 0.1) is 25.6 Å². The highest BCUT2D eigenvalue weighted by Gasteiger charge is 2.24. The number of hydrogen-bond donors (Lipinski definition) is 1. The van der Waals surface area contributed by atoms with Crippen molar-refractivity contribution < 1.29 is 9.18 Å². The average Bonchev–Trinajstić information content (AvgIpc) is 3.25. The maximum atomic E-state index is 13.1. The normalized spacial score (nSPS) is 16.7. The number of hydrogen-bond acceptors (Lipinski definition) is 4. The fourth-order valence-electron chi connectivity index (χ4n) is 3.97. The van der Waals surface area contributed by atoms with E-state index in [1.807, 2.05) is 27.0 Å². The van der Waals surface area contributed by atoms with Crippen LogP contribution in [0.2, 0.25) is 0 Å². The van der Waals surface area contributed by atoms with Crippen molar-refractivity contribution in [2.75, 3.05) is 24.5 Å². The molecule has 1 aromatic carbocycles. The molecule has 0 saturated carbocycles. The van der Waals surface area contributed by atoms with Gasteiger partial charge in [-0.15, -0.1) is 0 Å². The molecule has 1 atom stereocenters. The minimum absolute atomic E-state index is 0.0909. The third-order valence-corrected chi connectivity index (χ3v) is 5.37. The maximum absolute atomic E-state index is 13.1. The third-order valence-electron chi connectivity index (χ3n) is 5.37. The molecule has 0 bridgehead atoms. The van der Waals surface area contributed by atoms with Crippen molar-refractivity contribution in [1.82, 2.24) is 20.1 Å². The zero-order valence-corrected chi connectivity index (χ0v) is 16.4. The molecule has 3 aromatic rings. The molecule has 28 heavy (non-hydrogen) atoms. The smallest absolute Gasteiger partial charge is 0.252 e. The van der Waals surface area contributed by atoms with Crippen LogP contribution in [0.5, 0.6) is 0 Å². The monoisotopic (exact) mass is 381 g/mol. The fourth-order valence-corrected chi connectivity index (χ4v) is 3.97. The summed E-state index contributed by atoms with van der Waals surface area (Å²) in [6.45, 7) is 6.15. The van der Waals surface area contributed by atoms with Crippen molar-refractivity contribution >= 4 is 22.6 Å². The largest absolute Gasteiger partial charge is 0.371 e. The fraction of sp³-hybridized carbons (Fsp3) is 0.381. The predicted molar refractivity (Wildman–Crippen MR) is 107 cm³/mol.